The molecule has 0 fully saturated rings. The average Bonchev–Trinajstić information content (AvgIpc) is 3.17. The first kappa shape index (κ1) is 17.9. The van der Waals surface area contributed by atoms with Crippen molar-refractivity contribution in [3.8, 4) is 16.9 Å². The number of benzene rings is 2. The molecule has 138 valence electrons. The van der Waals surface area contributed by atoms with Gasteiger partial charge in [-0.3, -0.25) is 14.3 Å². The van der Waals surface area contributed by atoms with Gasteiger partial charge in [-0.05, 0) is 36.8 Å². The molecule has 0 saturated carbocycles. The third-order valence-electron chi connectivity index (χ3n) is 4.27. The van der Waals surface area contributed by atoms with E-state index in [1.807, 2.05) is 34.9 Å². The van der Waals surface area contributed by atoms with Crippen molar-refractivity contribution in [1.82, 2.24) is 15.0 Å². The van der Waals surface area contributed by atoms with Crippen molar-refractivity contribution in [1.29, 1.82) is 0 Å². The number of nitrogens with zero attached hydrogens (tertiary/aromatic N) is 3. The summed E-state index contributed by atoms with van der Waals surface area (Å²) in [6.07, 6.45) is 3.17. The van der Waals surface area contributed by atoms with Gasteiger partial charge in [0.15, 0.2) is 0 Å². The van der Waals surface area contributed by atoms with Crippen LogP contribution in [0.15, 0.2) is 89.6 Å². The van der Waals surface area contributed by atoms with Crippen LogP contribution < -0.4 is 10.2 Å². The largest absolute Gasteiger partial charge is 0.284 e. The van der Waals surface area contributed by atoms with Crippen molar-refractivity contribution in [3.63, 3.8) is 0 Å². The second kappa shape index (κ2) is 8.02. The molecule has 0 bridgehead atoms. The summed E-state index contributed by atoms with van der Waals surface area (Å²) < 4.78 is 2.04. The van der Waals surface area contributed by atoms with Gasteiger partial charge in [-0.2, -0.15) is 0 Å². The van der Waals surface area contributed by atoms with Crippen LogP contribution >= 0.6 is 11.3 Å². The predicted molar refractivity (Wildman–Crippen MR) is 111 cm³/mol. The molecule has 1 amide bonds. The smallest absolute Gasteiger partial charge is 0.271 e. The Bertz CT molecular complexity index is 1150. The van der Waals surface area contributed by atoms with Crippen molar-refractivity contribution >= 4 is 17.2 Å². The van der Waals surface area contributed by atoms with Crippen LogP contribution in [0.5, 0.6) is 0 Å². The number of thiazole rings is 1. The lowest BCUT2D eigenvalue weighted by Crippen LogP contribution is -2.24. The van der Waals surface area contributed by atoms with Gasteiger partial charge >= 0.3 is 0 Å². The number of carbonyl (C=O) groups excluding carboxylic acids is 1. The molecule has 0 aliphatic carbocycles. The topological polar surface area (TPSA) is 59.3 Å². The molecule has 0 atom stereocenters. The van der Waals surface area contributed by atoms with E-state index < -0.39 is 0 Å². The molecule has 28 heavy (non-hydrogen) atoms. The van der Waals surface area contributed by atoms with Gasteiger partial charge in [0.05, 0.1) is 5.69 Å². The van der Waals surface area contributed by atoms with Gasteiger partial charge in [-0.25, -0.2) is 5.43 Å². The zero-order valence-electron chi connectivity index (χ0n) is 15.2. The Morgan fingerprint density at radius 2 is 1.71 bits per heavy atom. The number of rotatable bonds is 4. The SMILES string of the molecule is Cc1ccc(-c2cs/c(=N/NC(=O)c3ccncc3)n2-c2ccccc2)cc1. The first-order valence-electron chi connectivity index (χ1n) is 8.79. The lowest BCUT2D eigenvalue weighted by atomic mass is 10.1. The van der Waals surface area contributed by atoms with Gasteiger partial charge in [0, 0.05) is 29.0 Å². The van der Waals surface area contributed by atoms with Crippen LogP contribution in [0.25, 0.3) is 16.9 Å². The molecular formula is C22H18N4OS. The summed E-state index contributed by atoms with van der Waals surface area (Å²) in [6, 6.07) is 21.7. The van der Waals surface area contributed by atoms with Crippen LogP contribution in [0.1, 0.15) is 15.9 Å². The number of aromatic nitrogens is 2. The summed E-state index contributed by atoms with van der Waals surface area (Å²) in [5.41, 5.74) is 7.46. The van der Waals surface area contributed by atoms with Crippen molar-refractivity contribution in [2.45, 2.75) is 6.92 Å². The van der Waals surface area contributed by atoms with Crippen LogP contribution in [-0.2, 0) is 0 Å². The Morgan fingerprint density at radius 3 is 2.43 bits per heavy atom. The van der Waals surface area contributed by atoms with Crippen molar-refractivity contribution in [3.05, 3.63) is 100 Å². The van der Waals surface area contributed by atoms with E-state index in [0.717, 1.165) is 16.9 Å². The Hall–Kier alpha value is -3.51. The summed E-state index contributed by atoms with van der Waals surface area (Å²) in [7, 11) is 0. The average molecular weight is 386 g/mol. The fourth-order valence-corrected chi connectivity index (χ4v) is 3.67. The molecule has 1 N–H and O–H groups in total. The number of carbonyl (C=O) groups is 1. The maximum Gasteiger partial charge on any atom is 0.271 e. The molecule has 2 aromatic heterocycles. The van der Waals surface area contributed by atoms with Gasteiger partial charge in [0.2, 0.25) is 4.80 Å². The molecule has 5 nitrogen and oxygen atoms in total. The Labute approximate surface area is 166 Å². The van der Waals surface area contributed by atoms with E-state index in [2.05, 4.69) is 52.1 Å². The summed E-state index contributed by atoms with van der Waals surface area (Å²) in [6.45, 7) is 2.07. The molecule has 0 aliphatic rings. The Balaban J connectivity index is 1.77. The molecule has 0 saturated heterocycles. The number of hydrogen-bond acceptors (Lipinski definition) is 4. The minimum absolute atomic E-state index is 0.271. The number of amides is 1. The van der Waals surface area contributed by atoms with Crippen molar-refractivity contribution in [2.75, 3.05) is 0 Å². The molecule has 2 aromatic carbocycles. The van der Waals surface area contributed by atoms with E-state index in [4.69, 9.17) is 0 Å². The molecule has 0 radical (unpaired) electrons. The highest BCUT2D eigenvalue weighted by molar-refractivity contribution is 7.07. The van der Waals surface area contributed by atoms with E-state index in [0.29, 0.717) is 10.4 Å². The summed E-state index contributed by atoms with van der Waals surface area (Å²) in [5.74, 6) is -0.271. The van der Waals surface area contributed by atoms with Gasteiger partial charge in [0.1, 0.15) is 0 Å². The molecule has 4 aromatic rings. The van der Waals surface area contributed by atoms with Crippen LogP contribution in [-0.4, -0.2) is 15.5 Å². The monoisotopic (exact) mass is 386 g/mol. The van der Waals surface area contributed by atoms with E-state index in [1.165, 1.54) is 16.9 Å². The van der Waals surface area contributed by atoms with Gasteiger partial charge < -0.3 is 0 Å². The fraction of sp³-hybridized carbons (Fsp3) is 0.0455. The highest BCUT2D eigenvalue weighted by Gasteiger charge is 2.11. The highest BCUT2D eigenvalue weighted by atomic mass is 32.1. The first-order valence-corrected chi connectivity index (χ1v) is 9.67. The normalized spacial score (nSPS) is 11.4. The molecule has 0 spiro atoms. The van der Waals surface area contributed by atoms with Crippen molar-refractivity contribution < 1.29 is 4.79 Å². The molecular weight excluding hydrogens is 368 g/mol. The minimum atomic E-state index is -0.271. The molecule has 2 heterocycles. The summed E-state index contributed by atoms with van der Waals surface area (Å²) in [5, 5.41) is 6.43. The number of hydrogen-bond donors (Lipinski definition) is 1. The van der Waals surface area contributed by atoms with Gasteiger partial charge in [-0.15, -0.1) is 16.4 Å². The Kier molecular flexibility index (Phi) is 5.12. The lowest BCUT2D eigenvalue weighted by Gasteiger charge is -2.09. The number of pyridine rings is 1. The quantitative estimate of drug-likeness (QED) is 0.536. The first-order chi connectivity index (χ1) is 13.7. The van der Waals surface area contributed by atoms with Gasteiger partial charge in [0.25, 0.3) is 5.91 Å². The van der Waals surface area contributed by atoms with Crippen LogP contribution in [0.3, 0.4) is 0 Å². The maximum atomic E-state index is 12.3. The highest BCUT2D eigenvalue weighted by Crippen LogP contribution is 2.23. The molecule has 0 unspecified atom stereocenters. The van der Waals surface area contributed by atoms with Crippen molar-refractivity contribution in [2.24, 2.45) is 5.10 Å². The zero-order valence-corrected chi connectivity index (χ0v) is 16.1. The molecule has 0 aliphatic heterocycles. The molecule has 6 heteroatoms. The minimum Gasteiger partial charge on any atom is -0.284 e. The Morgan fingerprint density at radius 1 is 1.00 bits per heavy atom. The number of nitrogens with one attached hydrogen (secondary N) is 1. The standard InChI is InChI=1S/C22H18N4OS/c1-16-7-9-17(10-8-16)20-15-28-22(26(20)19-5-3-2-4-6-19)25-24-21(27)18-11-13-23-14-12-18/h2-15H,1H3,(H,24,27)/b25-22+. The van der Waals surface area contributed by atoms with E-state index in [9.17, 15) is 4.79 Å². The third kappa shape index (κ3) is 3.77. The third-order valence-corrected chi connectivity index (χ3v) is 5.09. The summed E-state index contributed by atoms with van der Waals surface area (Å²) in [4.78, 5) is 17.0. The van der Waals surface area contributed by atoms with Crippen LogP contribution in [0, 0.1) is 6.92 Å². The second-order valence-corrected chi connectivity index (χ2v) is 7.07. The molecule has 4 rings (SSSR count). The van der Waals surface area contributed by atoms with Crippen LogP contribution in [0.4, 0.5) is 0 Å². The second-order valence-electron chi connectivity index (χ2n) is 6.23. The number of aryl methyl sites for hydroxylation is 1. The van der Waals surface area contributed by atoms with E-state index in [1.54, 1.807) is 24.5 Å². The zero-order chi connectivity index (χ0) is 19.3. The van der Waals surface area contributed by atoms with Crippen LogP contribution in [0.2, 0.25) is 0 Å². The van der Waals surface area contributed by atoms with E-state index >= 15 is 0 Å². The summed E-state index contributed by atoms with van der Waals surface area (Å²) >= 11 is 1.48. The fourth-order valence-electron chi connectivity index (χ4n) is 2.81. The predicted octanol–water partition coefficient (Wildman–Crippen LogP) is 4.15. The number of para-hydroxylation sites is 1. The van der Waals surface area contributed by atoms with Gasteiger partial charge in [-0.1, -0.05) is 48.0 Å². The maximum absolute atomic E-state index is 12.3. The van der Waals surface area contributed by atoms with E-state index in [-0.39, 0.29) is 5.91 Å². The lowest BCUT2D eigenvalue weighted by molar-refractivity contribution is 0.0953.